The van der Waals surface area contributed by atoms with Gasteiger partial charge in [-0.25, -0.2) is 4.98 Å². The van der Waals surface area contributed by atoms with Crippen LogP contribution < -0.4 is 5.32 Å². The fraction of sp³-hybridized carbons (Fsp3) is 0.600. The second-order valence-corrected chi connectivity index (χ2v) is 8.72. The number of carboxylic acids is 1. The molecule has 0 radical (unpaired) electrons. The summed E-state index contributed by atoms with van der Waals surface area (Å²) in [6, 6.07) is 1.61. The Hall–Kier alpha value is -2.44. The van der Waals surface area contributed by atoms with Gasteiger partial charge in [-0.15, -0.1) is 0 Å². The van der Waals surface area contributed by atoms with Gasteiger partial charge in [0.1, 0.15) is 0 Å². The normalized spacial score (nSPS) is 15.7. The van der Waals surface area contributed by atoms with Gasteiger partial charge in [0.25, 0.3) is 11.6 Å². The van der Waals surface area contributed by atoms with E-state index in [2.05, 4.69) is 36.2 Å². The molecular weight excluding hydrogens is 346 g/mol. The van der Waals surface area contributed by atoms with Gasteiger partial charge in [-0.3, -0.25) is 9.59 Å². The van der Waals surface area contributed by atoms with Crippen LogP contribution in [-0.4, -0.2) is 33.2 Å². The van der Waals surface area contributed by atoms with Crippen LogP contribution in [0, 0.1) is 5.41 Å². The minimum Gasteiger partial charge on any atom is -0.481 e. The predicted octanol–water partition coefficient (Wildman–Crippen LogP) is 3.67. The van der Waals surface area contributed by atoms with Crippen LogP contribution >= 0.6 is 0 Å². The molecule has 7 nitrogen and oxygen atoms in total. The molecule has 1 atom stereocenters. The number of hydrogen-bond acceptors (Lipinski definition) is 5. The fourth-order valence-corrected chi connectivity index (χ4v) is 3.13. The molecule has 2 heterocycles. The van der Waals surface area contributed by atoms with Crippen LogP contribution in [-0.2, 0) is 11.2 Å². The lowest BCUT2D eigenvalue weighted by molar-refractivity contribution is -0.137. The third-order valence-electron chi connectivity index (χ3n) is 4.64. The van der Waals surface area contributed by atoms with Gasteiger partial charge in [0.15, 0.2) is 0 Å². The monoisotopic (exact) mass is 373 g/mol. The van der Waals surface area contributed by atoms with Crippen molar-refractivity contribution in [2.45, 2.75) is 71.8 Å². The lowest BCUT2D eigenvalue weighted by atomic mass is 9.89. The number of carbonyl (C=O) groups is 2. The molecule has 1 unspecified atom stereocenters. The van der Waals surface area contributed by atoms with Gasteiger partial charge in [-0.1, -0.05) is 25.9 Å². The standard InChI is InChI=1S/C20H27N3O4/c1-11(5-8-16(24)25)21-18(26)13-9-14(12-6-7-12)22-19-17(13)15(23-27-19)10-20(2,3)4/h9,11-12H,5-8,10H2,1-4H3,(H,21,26)(H,24,25). The molecule has 146 valence electrons. The average molecular weight is 373 g/mol. The average Bonchev–Trinajstić information content (AvgIpc) is 3.34. The van der Waals surface area contributed by atoms with Gasteiger partial charge >= 0.3 is 5.97 Å². The van der Waals surface area contributed by atoms with Crippen molar-refractivity contribution >= 4 is 23.0 Å². The molecule has 0 saturated heterocycles. The fourth-order valence-electron chi connectivity index (χ4n) is 3.13. The van der Waals surface area contributed by atoms with E-state index in [9.17, 15) is 9.59 Å². The summed E-state index contributed by atoms with van der Waals surface area (Å²) in [4.78, 5) is 28.3. The van der Waals surface area contributed by atoms with E-state index in [-0.39, 0.29) is 23.8 Å². The summed E-state index contributed by atoms with van der Waals surface area (Å²) in [5.74, 6) is -0.730. The molecule has 1 fully saturated rings. The molecule has 7 heteroatoms. The zero-order valence-corrected chi connectivity index (χ0v) is 16.3. The quantitative estimate of drug-likeness (QED) is 0.767. The van der Waals surface area contributed by atoms with Crippen LogP contribution in [0.2, 0.25) is 0 Å². The summed E-state index contributed by atoms with van der Waals surface area (Å²) >= 11 is 0. The Morgan fingerprint density at radius 1 is 1.37 bits per heavy atom. The van der Waals surface area contributed by atoms with E-state index in [4.69, 9.17) is 9.63 Å². The molecule has 0 aliphatic heterocycles. The van der Waals surface area contributed by atoms with E-state index >= 15 is 0 Å². The van der Waals surface area contributed by atoms with E-state index in [1.54, 1.807) is 0 Å². The highest BCUT2D eigenvalue weighted by Gasteiger charge is 2.30. The minimum atomic E-state index is -0.870. The van der Waals surface area contributed by atoms with Crippen molar-refractivity contribution in [2.75, 3.05) is 0 Å². The Morgan fingerprint density at radius 2 is 2.07 bits per heavy atom. The van der Waals surface area contributed by atoms with Gasteiger partial charge in [-0.05, 0) is 44.1 Å². The maximum Gasteiger partial charge on any atom is 0.303 e. The van der Waals surface area contributed by atoms with Gasteiger partial charge < -0.3 is 14.9 Å². The first-order valence-corrected chi connectivity index (χ1v) is 9.46. The minimum absolute atomic E-state index is 0.0124. The molecular formula is C20H27N3O4. The number of fused-ring (bicyclic) bond motifs is 1. The van der Waals surface area contributed by atoms with E-state index in [1.165, 1.54) is 0 Å². The van der Waals surface area contributed by atoms with Crippen molar-refractivity contribution in [2.24, 2.45) is 5.41 Å². The van der Waals surface area contributed by atoms with Crippen LogP contribution in [0.1, 0.15) is 81.0 Å². The second-order valence-electron chi connectivity index (χ2n) is 8.72. The van der Waals surface area contributed by atoms with Crippen molar-refractivity contribution in [1.82, 2.24) is 15.5 Å². The summed E-state index contributed by atoms with van der Waals surface area (Å²) in [7, 11) is 0. The zero-order chi connectivity index (χ0) is 19.8. The molecule has 1 saturated carbocycles. The lowest BCUT2D eigenvalue weighted by Crippen LogP contribution is -2.33. The maximum atomic E-state index is 13.0. The highest BCUT2D eigenvalue weighted by Crippen LogP contribution is 2.41. The Kier molecular flexibility index (Phi) is 5.22. The Labute approximate surface area is 158 Å². The summed E-state index contributed by atoms with van der Waals surface area (Å²) in [5.41, 5.74) is 2.51. The number of hydrogen-bond donors (Lipinski definition) is 2. The number of amides is 1. The third-order valence-corrected chi connectivity index (χ3v) is 4.64. The maximum absolute atomic E-state index is 13.0. The molecule has 0 bridgehead atoms. The molecule has 2 aromatic rings. The molecule has 1 aliphatic carbocycles. The summed E-state index contributed by atoms with van der Waals surface area (Å²) in [5, 5.41) is 16.6. The number of carboxylic acid groups (broad SMARTS) is 1. The first-order chi connectivity index (χ1) is 12.6. The van der Waals surface area contributed by atoms with Gasteiger partial charge in [0.05, 0.1) is 16.6 Å². The molecule has 3 rings (SSSR count). The van der Waals surface area contributed by atoms with Crippen LogP contribution in [0.4, 0.5) is 0 Å². The lowest BCUT2D eigenvalue weighted by Gasteiger charge is -2.17. The first-order valence-electron chi connectivity index (χ1n) is 9.46. The Balaban J connectivity index is 1.94. The molecule has 0 spiro atoms. The number of aliphatic carboxylic acids is 1. The van der Waals surface area contributed by atoms with Crippen molar-refractivity contribution < 1.29 is 19.2 Å². The number of pyridine rings is 1. The molecule has 0 aromatic carbocycles. The van der Waals surface area contributed by atoms with Crippen molar-refractivity contribution in [3.63, 3.8) is 0 Å². The number of rotatable bonds is 7. The SMILES string of the molecule is CC(CCC(=O)O)NC(=O)c1cc(C2CC2)nc2onc(CC(C)(C)C)c12. The molecule has 27 heavy (non-hydrogen) atoms. The van der Waals surface area contributed by atoms with Crippen LogP contribution in [0.25, 0.3) is 11.1 Å². The van der Waals surface area contributed by atoms with Gasteiger partial charge in [0.2, 0.25) is 0 Å². The predicted molar refractivity (Wildman–Crippen MR) is 101 cm³/mol. The largest absolute Gasteiger partial charge is 0.481 e. The smallest absolute Gasteiger partial charge is 0.303 e. The Bertz CT molecular complexity index is 862. The third kappa shape index (κ3) is 4.84. The second kappa shape index (κ2) is 7.29. The van der Waals surface area contributed by atoms with Crippen LogP contribution in [0.15, 0.2) is 10.6 Å². The number of carbonyl (C=O) groups excluding carboxylic acids is 1. The highest BCUT2D eigenvalue weighted by atomic mass is 16.5. The first kappa shape index (κ1) is 19.3. The number of aromatic nitrogens is 2. The zero-order valence-electron chi connectivity index (χ0n) is 16.3. The molecule has 2 aromatic heterocycles. The Morgan fingerprint density at radius 3 is 2.67 bits per heavy atom. The van der Waals surface area contributed by atoms with E-state index < -0.39 is 5.97 Å². The number of nitrogens with one attached hydrogen (secondary N) is 1. The van der Waals surface area contributed by atoms with E-state index in [0.717, 1.165) is 24.2 Å². The summed E-state index contributed by atoms with van der Waals surface area (Å²) in [6.45, 7) is 8.12. The van der Waals surface area contributed by atoms with Crippen LogP contribution in [0.3, 0.4) is 0 Å². The van der Waals surface area contributed by atoms with Crippen molar-refractivity contribution in [3.8, 4) is 0 Å². The van der Waals surface area contributed by atoms with Crippen molar-refractivity contribution in [1.29, 1.82) is 0 Å². The topological polar surface area (TPSA) is 105 Å². The van der Waals surface area contributed by atoms with Crippen LogP contribution in [0.5, 0.6) is 0 Å². The highest BCUT2D eigenvalue weighted by molar-refractivity contribution is 6.06. The number of nitrogens with zero attached hydrogens (tertiary/aromatic N) is 2. The summed E-state index contributed by atoms with van der Waals surface area (Å²) < 4.78 is 5.47. The molecule has 1 amide bonds. The molecule has 1 aliphatic rings. The van der Waals surface area contributed by atoms with Crippen molar-refractivity contribution in [3.05, 3.63) is 23.0 Å². The molecule has 2 N–H and O–H groups in total. The van der Waals surface area contributed by atoms with Gasteiger partial charge in [0, 0.05) is 24.1 Å². The summed E-state index contributed by atoms with van der Waals surface area (Å²) in [6.07, 6.45) is 3.20. The van der Waals surface area contributed by atoms with E-state index in [0.29, 0.717) is 35.4 Å². The van der Waals surface area contributed by atoms with Gasteiger partial charge in [-0.2, -0.15) is 0 Å². The van der Waals surface area contributed by atoms with E-state index in [1.807, 2.05) is 13.0 Å².